The first-order valence-electron chi connectivity index (χ1n) is 22.3. The van der Waals surface area contributed by atoms with E-state index in [-0.39, 0.29) is 40.2 Å². The van der Waals surface area contributed by atoms with Crippen molar-refractivity contribution in [2.45, 2.75) is 205 Å². The van der Waals surface area contributed by atoms with E-state index in [1.54, 1.807) is 0 Å². The van der Waals surface area contributed by atoms with Gasteiger partial charge in [0, 0.05) is 30.7 Å². The molecule has 3 rings (SSSR count). The van der Waals surface area contributed by atoms with Crippen LogP contribution >= 0.6 is 0 Å². The SMILES string of the molecule is CC.CC.CCC1(C)CC(=O)C(C)C(C)(CC)N1OC(C)(C)C(CC(C)C)c1ccncc1.CCCCOC(=O)C(CC(C)(C)C(C)c1ccccc1)C(C)C. The predicted octanol–water partition coefficient (Wildman–Crippen LogP) is 14.0. The molecule has 0 bridgehead atoms. The summed E-state index contributed by atoms with van der Waals surface area (Å²) in [6.07, 6.45) is 9.91. The summed E-state index contributed by atoms with van der Waals surface area (Å²) in [5, 5.41) is 2.22. The maximum absolute atomic E-state index is 12.9. The molecule has 6 heteroatoms. The van der Waals surface area contributed by atoms with Crippen molar-refractivity contribution in [3.63, 3.8) is 0 Å². The summed E-state index contributed by atoms with van der Waals surface area (Å²) in [6, 6.07) is 14.8. The number of ketones is 1. The van der Waals surface area contributed by atoms with Gasteiger partial charge < -0.3 is 4.74 Å². The molecule has 0 amide bonds. The van der Waals surface area contributed by atoms with Gasteiger partial charge in [-0.25, -0.2) is 0 Å². The Labute approximate surface area is 346 Å². The van der Waals surface area contributed by atoms with Crippen LogP contribution < -0.4 is 0 Å². The monoisotopic (exact) mass is 781 g/mol. The fourth-order valence-corrected chi connectivity index (χ4v) is 7.81. The van der Waals surface area contributed by atoms with E-state index < -0.39 is 5.60 Å². The zero-order valence-corrected chi connectivity index (χ0v) is 39.8. The quantitative estimate of drug-likeness (QED) is 0.118. The molecule has 0 saturated carbocycles. The van der Waals surface area contributed by atoms with Crippen molar-refractivity contribution in [2.24, 2.45) is 29.1 Å². The number of unbranched alkanes of at least 4 members (excludes halogenated alkanes) is 1. The largest absolute Gasteiger partial charge is 0.465 e. The molecule has 6 nitrogen and oxygen atoms in total. The van der Waals surface area contributed by atoms with Crippen molar-refractivity contribution in [3.8, 4) is 0 Å². The molecule has 56 heavy (non-hydrogen) atoms. The molecule has 1 aliphatic rings. The van der Waals surface area contributed by atoms with Crippen LogP contribution in [-0.4, -0.2) is 45.1 Å². The van der Waals surface area contributed by atoms with Crippen LogP contribution in [0.4, 0.5) is 0 Å². The number of hydrogen-bond acceptors (Lipinski definition) is 6. The average Bonchev–Trinajstić information content (AvgIpc) is 3.19. The van der Waals surface area contributed by atoms with Crippen LogP contribution in [0.25, 0.3) is 0 Å². The predicted molar refractivity (Wildman–Crippen MR) is 240 cm³/mol. The molecule has 1 aromatic carbocycles. The number of aromatic nitrogens is 1. The first-order valence-corrected chi connectivity index (χ1v) is 22.3. The maximum atomic E-state index is 12.9. The number of benzene rings is 1. The molecule has 0 N–H and O–H groups in total. The van der Waals surface area contributed by atoms with E-state index in [1.165, 1.54) is 11.1 Å². The van der Waals surface area contributed by atoms with E-state index in [0.717, 1.165) is 38.5 Å². The van der Waals surface area contributed by atoms with Gasteiger partial charge in [-0.05, 0) is 106 Å². The molecular formula is C50H88N2O4. The van der Waals surface area contributed by atoms with Gasteiger partial charge in [0.25, 0.3) is 0 Å². The summed E-state index contributed by atoms with van der Waals surface area (Å²) in [7, 11) is 0. The lowest BCUT2D eigenvalue weighted by Gasteiger charge is -2.58. The maximum Gasteiger partial charge on any atom is 0.309 e. The van der Waals surface area contributed by atoms with Gasteiger partial charge in [0.1, 0.15) is 5.78 Å². The highest BCUT2D eigenvalue weighted by Gasteiger charge is 2.55. The van der Waals surface area contributed by atoms with Gasteiger partial charge in [0.15, 0.2) is 0 Å². The number of hydroxylamine groups is 2. The lowest BCUT2D eigenvalue weighted by Crippen LogP contribution is -2.68. The molecule has 0 aliphatic carbocycles. The van der Waals surface area contributed by atoms with Crippen molar-refractivity contribution >= 4 is 11.8 Å². The Kier molecular flexibility index (Phi) is 23.9. The molecule has 1 aromatic heterocycles. The fraction of sp³-hybridized carbons (Fsp3) is 0.740. The molecule has 1 aliphatic heterocycles. The van der Waals surface area contributed by atoms with Gasteiger partial charge >= 0.3 is 5.97 Å². The van der Waals surface area contributed by atoms with Gasteiger partial charge in [-0.2, -0.15) is 5.06 Å². The number of carbonyl (C=O) groups excluding carboxylic acids is 2. The number of rotatable bonds is 17. The van der Waals surface area contributed by atoms with Crippen molar-refractivity contribution in [3.05, 3.63) is 66.0 Å². The third-order valence-corrected chi connectivity index (χ3v) is 12.5. The molecule has 6 unspecified atom stereocenters. The van der Waals surface area contributed by atoms with E-state index >= 15 is 0 Å². The van der Waals surface area contributed by atoms with E-state index in [2.05, 4.69) is 150 Å². The van der Waals surface area contributed by atoms with Gasteiger partial charge in [-0.15, -0.1) is 0 Å². The van der Waals surface area contributed by atoms with Crippen LogP contribution in [-0.2, 0) is 19.2 Å². The normalized spacial score (nSPS) is 21.7. The number of piperidine rings is 1. The van der Waals surface area contributed by atoms with Crippen molar-refractivity contribution in [1.29, 1.82) is 0 Å². The number of Topliss-reactive ketones (excluding diaryl/α,β-unsaturated/α-hetero) is 1. The van der Waals surface area contributed by atoms with E-state index in [4.69, 9.17) is 9.57 Å². The Bertz CT molecular complexity index is 1360. The third kappa shape index (κ3) is 15.0. The molecular weight excluding hydrogens is 693 g/mol. The number of ether oxygens (including phenoxy) is 1. The van der Waals surface area contributed by atoms with Crippen LogP contribution in [0.1, 0.15) is 199 Å². The highest BCUT2D eigenvalue weighted by molar-refractivity contribution is 5.84. The minimum Gasteiger partial charge on any atom is -0.465 e. The zero-order valence-electron chi connectivity index (χ0n) is 39.8. The molecule has 0 spiro atoms. The summed E-state index contributed by atoms with van der Waals surface area (Å²) in [4.78, 5) is 36.5. The van der Waals surface area contributed by atoms with Crippen molar-refractivity contribution in [2.75, 3.05) is 6.61 Å². The Morgan fingerprint density at radius 1 is 0.875 bits per heavy atom. The number of pyridine rings is 1. The smallest absolute Gasteiger partial charge is 0.309 e. The number of nitrogens with zero attached hydrogens (tertiary/aromatic N) is 2. The third-order valence-electron chi connectivity index (χ3n) is 12.5. The molecule has 1 fully saturated rings. The fourth-order valence-electron chi connectivity index (χ4n) is 7.81. The summed E-state index contributed by atoms with van der Waals surface area (Å²) >= 11 is 0. The topological polar surface area (TPSA) is 68.7 Å². The number of carbonyl (C=O) groups is 2. The molecule has 1 saturated heterocycles. The number of esters is 1. The lowest BCUT2D eigenvalue weighted by molar-refractivity contribution is -0.343. The second-order valence-electron chi connectivity index (χ2n) is 18.1. The average molecular weight is 781 g/mol. The zero-order chi connectivity index (χ0) is 43.5. The summed E-state index contributed by atoms with van der Waals surface area (Å²) in [6.45, 7) is 41.4. The summed E-state index contributed by atoms with van der Waals surface area (Å²) in [5.41, 5.74) is 1.60. The van der Waals surface area contributed by atoms with E-state index in [0.29, 0.717) is 36.6 Å². The van der Waals surface area contributed by atoms with Crippen LogP contribution in [0.3, 0.4) is 0 Å². The lowest BCUT2D eigenvalue weighted by atomic mass is 9.69. The van der Waals surface area contributed by atoms with Crippen molar-refractivity contribution in [1.82, 2.24) is 10.0 Å². The minimum atomic E-state index is -0.418. The molecule has 2 heterocycles. The molecule has 322 valence electrons. The van der Waals surface area contributed by atoms with Gasteiger partial charge in [0.05, 0.1) is 29.2 Å². The molecule has 0 radical (unpaired) electrons. The minimum absolute atomic E-state index is 0.0261. The van der Waals surface area contributed by atoms with Gasteiger partial charge in [-0.1, -0.05) is 141 Å². The van der Waals surface area contributed by atoms with Crippen LogP contribution in [0.2, 0.25) is 0 Å². The summed E-state index contributed by atoms with van der Waals surface area (Å²) in [5.74, 6) is 1.72. The summed E-state index contributed by atoms with van der Waals surface area (Å²) < 4.78 is 5.50. The molecule has 6 atom stereocenters. The van der Waals surface area contributed by atoms with Crippen molar-refractivity contribution < 1.29 is 19.2 Å². The second-order valence-corrected chi connectivity index (χ2v) is 18.1. The highest BCUT2D eigenvalue weighted by atomic mass is 16.7. The second kappa shape index (κ2) is 25.0. The highest BCUT2D eigenvalue weighted by Crippen LogP contribution is 2.48. The van der Waals surface area contributed by atoms with Gasteiger partial charge in [0.2, 0.25) is 0 Å². The Morgan fingerprint density at radius 3 is 1.89 bits per heavy atom. The Hall–Kier alpha value is -2.57. The number of hydrogen-bond donors (Lipinski definition) is 0. The molecule has 2 aromatic rings. The van der Waals surface area contributed by atoms with Crippen LogP contribution in [0, 0.1) is 29.1 Å². The van der Waals surface area contributed by atoms with E-state index in [1.807, 2.05) is 46.2 Å². The van der Waals surface area contributed by atoms with Gasteiger partial charge in [-0.3, -0.25) is 19.4 Å². The first-order chi connectivity index (χ1) is 26.2. The van der Waals surface area contributed by atoms with E-state index in [9.17, 15) is 9.59 Å². The van der Waals surface area contributed by atoms with Crippen LogP contribution in [0.15, 0.2) is 54.9 Å². The standard InChI is InChI=1S/C25H42N2O2.C21H34O2.2C2H6/c1-10-24(8)17-22(28)19(5)25(9,11-2)27(24)29-23(6,7)21(16-18(3)4)20-12-14-26-15-13-20;1-7-8-14-23-20(22)19(16(2)3)15-21(5,6)17(4)18-12-10-9-11-13-18;2*1-2/h12-15,18-19,21H,10-11,16-17H2,1-9H3;9-13,16-17,19H,7-8,14-15H2,1-6H3;2*1-2H3. The first kappa shape index (κ1) is 53.4. The Morgan fingerprint density at radius 2 is 1.43 bits per heavy atom. The van der Waals surface area contributed by atoms with Crippen LogP contribution in [0.5, 0.6) is 0 Å². The Balaban J connectivity index is 0.00000101.